The van der Waals surface area contributed by atoms with Gasteiger partial charge in [-0.05, 0) is 52.6 Å². The molecule has 2 unspecified atom stereocenters. The van der Waals surface area contributed by atoms with Gasteiger partial charge in [0.25, 0.3) is 0 Å². The minimum absolute atomic E-state index is 0.606. The van der Waals surface area contributed by atoms with Gasteiger partial charge in [0.15, 0.2) is 0 Å². The van der Waals surface area contributed by atoms with E-state index in [-0.39, 0.29) is 0 Å². The maximum absolute atomic E-state index is 4.65. The van der Waals surface area contributed by atoms with E-state index < -0.39 is 0 Å². The molecule has 1 aromatic rings. The molecule has 0 aliphatic heterocycles. The molecule has 15 heavy (non-hydrogen) atoms. The number of nitrogens with zero attached hydrogens (tertiary/aromatic N) is 2. The molecule has 0 saturated heterocycles. The molecule has 1 N–H and O–H groups in total. The highest BCUT2D eigenvalue weighted by Gasteiger charge is 2.26. The van der Waals surface area contributed by atoms with Crippen molar-refractivity contribution in [3.05, 3.63) is 17.0 Å². The first-order valence-electron chi connectivity index (χ1n) is 5.83. The van der Waals surface area contributed by atoms with Gasteiger partial charge in [0.1, 0.15) is 0 Å². The topological polar surface area (TPSA) is 29.9 Å². The fourth-order valence-corrected chi connectivity index (χ4v) is 2.54. The average Bonchev–Trinajstić information content (AvgIpc) is 2.79. The summed E-state index contributed by atoms with van der Waals surface area (Å²) in [5, 5.41) is 8.01. The molecule has 1 saturated carbocycles. The number of rotatable bonds is 2. The molecule has 0 aromatic carbocycles. The summed E-state index contributed by atoms with van der Waals surface area (Å²) in [6, 6.07) is 1.29. The van der Waals surface area contributed by atoms with E-state index in [0.717, 1.165) is 0 Å². The van der Waals surface area contributed by atoms with E-state index in [4.69, 9.17) is 0 Å². The van der Waals surface area contributed by atoms with E-state index in [1.54, 1.807) is 0 Å². The van der Waals surface area contributed by atoms with Gasteiger partial charge in [0, 0.05) is 11.7 Å². The van der Waals surface area contributed by atoms with Crippen molar-refractivity contribution in [2.75, 3.05) is 7.05 Å². The zero-order chi connectivity index (χ0) is 11.0. The molecule has 0 amide bonds. The van der Waals surface area contributed by atoms with Crippen molar-refractivity contribution >= 4 is 0 Å². The van der Waals surface area contributed by atoms with Crippen LogP contribution in [-0.2, 0) is 0 Å². The van der Waals surface area contributed by atoms with Gasteiger partial charge < -0.3 is 5.32 Å². The predicted molar refractivity (Wildman–Crippen MR) is 62.2 cm³/mol. The van der Waals surface area contributed by atoms with E-state index in [1.807, 2.05) is 0 Å². The van der Waals surface area contributed by atoms with Crippen molar-refractivity contribution in [1.82, 2.24) is 15.1 Å². The molecule has 0 radical (unpaired) electrons. The zero-order valence-electron chi connectivity index (χ0n) is 10.2. The highest BCUT2D eigenvalue weighted by molar-refractivity contribution is 5.22. The van der Waals surface area contributed by atoms with Gasteiger partial charge in [-0.1, -0.05) is 0 Å². The first-order valence-corrected chi connectivity index (χ1v) is 5.83. The molecule has 2 rings (SSSR count). The Hall–Kier alpha value is -0.830. The molecular weight excluding hydrogens is 186 g/mol. The largest absolute Gasteiger partial charge is 0.317 e. The Morgan fingerprint density at radius 2 is 2.00 bits per heavy atom. The van der Waals surface area contributed by atoms with Gasteiger partial charge >= 0.3 is 0 Å². The summed E-state index contributed by atoms with van der Waals surface area (Å²) in [6.45, 7) is 6.45. The molecule has 1 heterocycles. The first kappa shape index (κ1) is 10.7. The quantitative estimate of drug-likeness (QED) is 0.805. The van der Waals surface area contributed by atoms with Crippen LogP contribution in [-0.4, -0.2) is 22.9 Å². The van der Waals surface area contributed by atoms with Crippen LogP contribution >= 0.6 is 0 Å². The van der Waals surface area contributed by atoms with Gasteiger partial charge in [0.05, 0.1) is 11.7 Å². The summed E-state index contributed by atoms with van der Waals surface area (Å²) in [4.78, 5) is 0. The maximum atomic E-state index is 4.65. The van der Waals surface area contributed by atoms with E-state index >= 15 is 0 Å². The normalized spacial score (nSPS) is 26.1. The van der Waals surface area contributed by atoms with Crippen molar-refractivity contribution in [1.29, 1.82) is 0 Å². The second-order valence-corrected chi connectivity index (χ2v) is 4.69. The van der Waals surface area contributed by atoms with Crippen LogP contribution in [0.15, 0.2) is 0 Å². The second kappa shape index (κ2) is 3.97. The van der Waals surface area contributed by atoms with Crippen LogP contribution in [0.2, 0.25) is 0 Å². The first-order chi connectivity index (χ1) is 7.13. The Morgan fingerprint density at radius 3 is 2.47 bits per heavy atom. The Kier molecular flexibility index (Phi) is 2.83. The highest BCUT2D eigenvalue weighted by atomic mass is 15.3. The smallest absolute Gasteiger partial charge is 0.0625 e. The van der Waals surface area contributed by atoms with Crippen molar-refractivity contribution < 1.29 is 0 Å². The highest BCUT2D eigenvalue weighted by Crippen LogP contribution is 2.31. The Morgan fingerprint density at radius 1 is 1.27 bits per heavy atom. The molecule has 1 aromatic heterocycles. The van der Waals surface area contributed by atoms with Gasteiger partial charge in [-0.25, -0.2) is 0 Å². The van der Waals surface area contributed by atoms with E-state index in [0.29, 0.717) is 12.1 Å². The Labute approximate surface area is 91.9 Å². The van der Waals surface area contributed by atoms with Gasteiger partial charge in [0.2, 0.25) is 0 Å². The van der Waals surface area contributed by atoms with Crippen LogP contribution in [0.1, 0.15) is 42.3 Å². The van der Waals surface area contributed by atoms with Crippen molar-refractivity contribution in [3.63, 3.8) is 0 Å². The molecular formula is C12H21N3. The van der Waals surface area contributed by atoms with Gasteiger partial charge in [-0.3, -0.25) is 4.68 Å². The molecule has 3 heteroatoms. The van der Waals surface area contributed by atoms with Crippen LogP contribution < -0.4 is 5.32 Å². The fourth-order valence-electron chi connectivity index (χ4n) is 2.54. The third kappa shape index (κ3) is 1.81. The van der Waals surface area contributed by atoms with Crippen LogP contribution in [0.5, 0.6) is 0 Å². The molecule has 0 spiro atoms. The van der Waals surface area contributed by atoms with E-state index in [9.17, 15) is 0 Å². The predicted octanol–water partition coefficient (Wildman–Crippen LogP) is 2.12. The second-order valence-electron chi connectivity index (χ2n) is 4.69. The molecule has 84 valence electrons. The maximum Gasteiger partial charge on any atom is 0.0625 e. The van der Waals surface area contributed by atoms with E-state index in [2.05, 4.69) is 42.9 Å². The summed E-state index contributed by atoms with van der Waals surface area (Å²) >= 11 is 0. The fraction of sp³-hybridized carbons (Fsp3) is 0.750. The van der Waals surface area contributed by atoms with Gasteiger partial charge in [-0.2, -0.15) is 5.10 Å². The van der Waals surface area contributed by atoms with Crippen molar-refractivity contribution in [2.24, 2.45) is 0 Å². The number of hydrogen-bond donors (Lipinski definition) is 1. The van der Waals surface area contributed by atoms with Crippen LogP contribution in [0, 0.1) is 20.8 Å². The lowest BCUT2D eigenvalue weighted by molar-refractivity contribution is 0.440. The molecule has 0 bridgehead atoms. The monoisotopic (exact) mass is 207 g/mol. The van der Waals surface area contributed by atoms with Crippen LogP contribution in [0.3, 0.4) is 0 Å². The Balaban J connectivity index is 2.20. The molecule has 1 fully saturated rings. The summed E-state index contributed by atoms with van der Waals surface area (Å²) in [5.74, 6) is 0. The molecule has 2 atom stereocenters. The summed E-state index contributed by atoms with van der Waals surface area (Å²) < 4.78 is 2.24. The minimum atomic E-state index is 0.606. The minimum Gasteiger partial charge on any atom is -0.317 e. The lowest BCUT2D eigenvalue weighted by atomic mass is 10.2. The van der Waals surface area contributed by atoms with E-state index in [1.165, 1.54) is 36.2 Å². The summed E-state index contributed by atoms with van der Waals surface area (Å²) in [7, 11) is 2.06. The van der Waals surface area contributed by atoms with Crippen molar-refractivity contribution in [2.45, 2.75) is 52.1 Å². The van der Waals surface area contributed by atoms with Crippen LogP contribution in [0.25, 0.3) is 0 Å². The average molecular weight is 207 g/mol. The summed E-state index contributed by atoms with van der Waals surface area (Å²) in [5.41, 5.74) is 3.87. The van der Waals surface area contributed by atoms with Crippen LogP contribution in [0.4, 0.5) is 0 Å². The molecule has 1 aliphatic rings. The zero-order valence-corrected chi connectivity index (χ0v) is 10.2. The standard InChI is InChI=1S/C12H21N3/c1-8-9(2)14-15(10(8)3)12-6-5-11(7-12)13-4/h11-13H,5-7H2,1-4H3. The lowest BCUT2D eigenvalue weighted by Crippen LogP contribution is -2.22. The lowest BCUT2D eigenvalue weighted by Gasteiger charge is -2.13. The molecule has 1 aliphatic carbocycles. The number of aromatic nitrogens is 2. The number of aryl methyl sites for hydroxylation is 1. The Bertz CT molecular complexity index is 354. The van der Waals surface area contributed by atoms with Gasteiger partial charge in [-0.15, -0.1) is 0 Å². The summed E-state index contributed by atoms with van der Waals surface area (Å²) in [6.07, 6.45) is 3.75. The SMILES string of the molecule is CNC1CCC(n2nc(C)c(C)c2C)C1. The molecule has 3 nitrogen and oxygen atoms in total. The third-order valence-corrected chi connectivity index (χ3v) is 3.85. The number of hydrogen-bond acceptors (Lipinski definition) is 2. The third-order valence-electron chi connectivity index (χ3n) is 3.85. The number of nitrogens with one attached hydrogen (secondary N) is 1. The van der Waals surface area contributed by atoms with Crippen molar-refractivity contribution in [3.8, 4) is 0 Å².